The van der Waals surface area contributed by atoms with E-state index >= 15 is 0 Å². The molecule has 0 aromatic carbocycles. The van der Waals surface area contributed by atoms with E-state index in [-0.39, 0.29) is 20.1 Å². The molecule has 2 heterocycles. The van der Waals surface area contributed by atoms with E-state index in [1.165, 1.54) is 0 Å². The van der Waals surface area contributed by atoms with Gasteiger partial charge in [0.05, 0.1) is 0 Å². The van der Waals surface area contributed by atoms with Gasteiger partial charge in [-0.25, -0.2) is 9.97 Å². The molecule has 0 spiro atoms. The van der Waals surface area contributed by atoms with Gasteiger partial charge < -0.3 is 5.32 Å². The number of aromatic nitrogens is 2. The van der Waals surface area contributed by atoms with Crippen molar-refractivity contribution < 1.29 is 20.1 Å². The van der Waals surface area contributed by atoms with Gasteiger partial charge in [0.15, 0.2) is 0 Å². The number of pyridine rings is 2. The molecule has 0 amide bonds. The standard InChI is InChI=1S/C10H9N3.Ir/c1-3-7-11-9(5-1)13-10-6-2-4-8-12-10;/h1-8H,(H,11,12,13);/q;+3. The van der Waals surface area contributed by atoms with Gasteiger partial charge in [-0.1, -0.05) is 12.1 Å². The Hall–Kier alpha value is -1.25. The first-order valence-electron chi connectivity index (χ1n) is 4.04. The van der Waals surface area contributed by atoms with Crippen LogP contribution in [0.1, 0.15) is 0 Å². The molecular weight excluding hydrogens is 354 g/mol. The van der Waals surface area contributed by atoms with Crippen LogP contribution in [0, 0.1) is 0 Å². The third-order valence-electron chi connectivity index (χ3n) is 1.59. The quantitative estimate of drug-likeness (QED) is 0.889. The molecule has 1 N–H and O–H groups in total. The van der Waals surface area contributed by atoms with Gasteiger partial charge in [0.2, 0.25) is 0 Å². The maximum absolute atomic E-state index is 4.12. The van der Waals surface area contributed by atoms with Gasteiger partial charge in [-0.05, 0) is 24.3 Å². The summed E-state index contributed by atoms with van der Waals surface area (Å²) in [6.45, 7) is 0. The number of rotatable bonds is 2. The Balaban J connectivity index is 0.000000980. The van der Waals surface area contributed by atoms with Gasteiger partial charge in [0.1, 0.15) is 11.6 Å². The molecule has 0 bridgehead atoms. The van der Waals surface area contributed by atoms with Crippen LogP contribution < -0.4 is 5.32 Å². The number of anilines is 2. The molecule has 0 unspecified atom stereocenters. The SMILES string of the molecule is [Ir+3].c1ccc(Nc2ccccn2)nc1. The average Bonchev–Trinajstić information content (AvgIpc) is 2.21. The fraction of sp³-hybridized carbons (Fsp3) is 0. The van der Waals surface area contributed by atoms with Crippen LogP contribution in [0.4, 0.5) is 11.6 Å². The summed E-state index contributed by atoms with van der Waals surface area (Å²) in [5, 5.41) is 3.08. The van der Waals surface area contributed by atoms with Crippen molar-refractivity contribution in [3.05, 3.63) is 48.8 Å². The van der Waals surface area contributed by atoms with Crippen molar-refractivity contribution >= 4 is 11.6 Å². The maximum Gasteiger partial charge on any atom is 3.00 e. The summed E-state index contributed by atoms with van der Waals surface area (Å²) in [4.78, 5) is 8.25. The summed E-state index contributed by atoms with van der Waals surface area (Å²) in [7, 11) is 0. The largest absolute Gasteiger partial charge is 3.00 e. The third-order valence-corrected chi connectivity index (χ3v) is 1.59. The Morgan fingerprint density at radius 3 is 1.64 bits per heavy atom. The predicted molar refractivity (Wildman–Crippen MR) is 51.8 cm³/mol. The van der Waals surface area contributed by atoms with Crippen LogP contribution in [0.5, 0.6) is 0 Å². The molecule has 0 aliphatic carbocycles. The minimum absolute atomic E-state index is 0. The zero-order valence-corrected chi connectivity index (χ0v) is 9.74. The molecule has 3 nitrogen and oxygen atoms in total. The zero-order valence-electron chi connectivity index (χ0n) is 7.35. The van der Waals surface area contributed by atoms with Gasteiger partial charge in [0, 0.05) is 12.4 Å². The minimum Gasteiger partial charge on any atom is -0.325 e. The van der Waals surface area contributed by atoms with Crippen LogP contribution in [0.25, 0.3) is 0 Å². The van der Waals surface area contributed by atoms with Crippen LogP contribution in [0.15, 0.2) is 48.8 Å². The molecule has 2 aromatic rings. The van der Waals surface area contributed by atoms with E-state index < -0.39 is 0 Å². The van der Waals surface area contributed by atoms with Crippen molar-refractivity contribution in [2.24, 2.45) is 0 Å². The Bertz CT molecular complexity index is 326. The number of hydrogen-bond donors (Lipinski definition) is 1. The van der Waals surface area contributed by atoms with Gasteiger partial charge in [-0.2, -0.15) is 0 Å². The van der Waals surface area contributed by atoms with Crippen LogP contribution in [-0.4, -0.2) is 9.97 Å². The maximum atomic E-state index is 4.12. The Morgan fingerprint density at radius 2 is 1.29 bits per heavy atom. The second-order valence-electron chi connectivity index (χ2n) is 2.55. The number of hydrogen-bond acceptors (Lipinski definition) is 3. The second kappa shape index (κ2) is 5.47. The van der Waals surface area contributed by atoms with E-state index in [1.54, 1.807) is 12.4 Å². The third kappa shape index (κ3) is 2.91. The molecule has 0 radical (unpaired) electrons. The summed E-state index contributed by atoms with van der Waals surface area (Å²) >= 11 is 0. The van der Waals surface area contributed by atoms with Crippen LogP contribution in [-0.2, 0) is 20.1 Å². The molecule has 14 heavy (non-hydrogen) atoms. The van der Waals surface area contributed by atoms with Crippen LogP contribution >= 0.6 is 0 Å². The molecule has 0 saturated carbocycles. The first-order chi connectivity index (χ1) is 6.45. The van der Waals surface area contributed by atoms with Gasteiger partial charge in [-0.15, -0.1) is 0 Å². The van der Waals surface area contributed by atoms with Crippen molar-refractivity contribution in [1.29, 1.82) is 0 Å². The molecule has 0 aliphatic heterocycles. The summed E-state index contributed by atoms with van der Waals surface area (Å²) in [5.74, 6) is 1.61. The molecule has 4 heteroatoms. The normalized spacial score (nSPS) is 8.86. The van der Waals surface area contributed by atoms with E-state index in [9.17, 15) is 0 Å². The van der Waals surface area contributed by atoms with E-state index in [2.05, 4.69) is 15.3 Å². The average molecular weight is 363 g/mol. The summed E-state index contributed by atoms with van der Waals surface area (Å²) in [5.41, 5.74) is 0. The molecule has 2 rings (SSSR count). The summed E-state index contributed by atoms with van der Waals surface area (Å²) in [6.07, 6.45) is 3.48. The van der Waals surface area contributed by atoms with E-state index in [1.807, 2.05) is 36.4 Å². The smallest absolute Gasteiger partial charge is 0.325 e. The second-order valence-corrected chi connectivity index (χ2v) is 2.55. The molecular formula is C10H9IrN3+3. The molecule has 0 atom stereocenters. The summed E-state index contributed by atoms with van der Waals surface area (Å²) < 4.78 is 0. The van der Waals surface area contributed by atoms with Crippen molar-refractivity contribution in [3.8, 4) is 0 Å². The van der Waals surface area contributed by atoms with Crippen molar-refractivity contribution in [3.63, 3.8) is 0 Å². The van der Waals surface area contributed by atoms with Gasteiger partial charge in [-0.3, -0.25) is 0 Å². The van der Waals surface area contributed by atoms with Crippen molar-refractivity contribution in [2.45, 2.75) is 0 Å². The molecule has 70 valence electrons. The van der Waals surface area contributed by atoms with E-state index in [0.29, 0.717) is 0 Å². The number of nitrogens with one attached hydrogen (secondary N) is 1. The van der Waals surface area contributed by atoms with Gasteiger partial charge in [0.25, 0.3) is 0 Å². The molecule has 0 aliphatic rings. The first kappa shape index (κ1) is 10.8. The Kier molecular flexibility index (Phi) is 4.23. The summed E-state index contributed by atoms with van der Waals surface area (Å²) in [6, 6.07) is 11.4. The zero-order chi connectivity index (χ0) is 8.93. The molecule has 2 aromatic heterocycles. The topological polar surface area (TPSA) is 37.8 Å². The monoisotopic (exact) mass is 364 g/mol. The molecule has 0 fully saturated rings. The Morgan fingerprint density at radius 1 is 0.786 bits per heavy atom. The Labute approximate surface area is 96.0 Å². The predicted octanol–water partition coefficient (Wildman–Crippen LogP) is 2.22. The minimum atomic E-state index is 0. The fourth-order valence-electron chi connectivity index (χ4n) is 1.00. The molecule has 0 saturated heterocycles. The number of nitrogens with zero attached hydrogens (tertiary/aromatic N) is 2. The van der Waals surface area contributed by atoms with Gasteiger partial charge >= 0.3 is 20.1 Å². The first-order valence-corrected chi connectivity index (χ1v) is 4.04. The van der Waals surface area contributed by atoms with Crippen LogP contribution in [0.2, 0.25) is 0 Å². The van der Waals surface area contributed by atoms with Crippen LogP contribution in [0.3, 0.4) is 0 Å². The van der Waals surface area contributed by atoms with E-state index in [0.717, 1.165) is 11.6 Å². The van der Waals surface area contributed by atoms with Crippen molar-refractivity contribution in [1.82, 2.24) is 9.97 Å². The van der Waals surface area contributed by atoms with E-state index in [4.69, 9.17) is 0 Å². The van der Waals surface area contributed by atoms with Crippen molar-refractivity contribution in [2.75, 3.05) is 5.32 Å². The fourth-order valence-corrected chi connectivity index (χ4v) is 1.00.